The predicted octanol–water partition coefficient (Wildman–Crippen LogP) is 3.49. The summed E-state index contributed by atoms with van der Waals surface area (Å²) >= 11 is 11.8. The Balaban J connectivity index is 2.20. The van der Waals surface area contributed by atoms with E-state index >= 15 is 0 Å². The third-order valence-corrected chi connectivity index (χ3v) is 3.61. The molecule has 0 aliphatic heterocycles. The highest BCUT2D eigenvalue weighted by molar-refractivity contribution is 6.36. The van der Waals surface area contributed by atoms with E-state index in [4.69, 9.17) is 43.2 Å². The van der Waals surface area contributed by atoms with Crippen LogP contribution in [0, 0.1) is 0 Å². The number of hydrogen-bond donors (Lipinski definition) is 1. The maximum absolute atomic E-state index is 12.1. The fourth-order valence-corrected chi connectivity index (χ4v) is 2.36. The van der Waals surface area contributed by atoms with Crippen molar-refractivity contribution in [2.24, 2.45) is 10.9 Å². The van der Waals surface area contributed by atoms with Crippen molar-refractivity contribution in [3.05, 3.63) is 57.6 Å². The predicted molar refractivity (Wildman–Crippen MR) is 92.1 cm³/mol. The second-order valence-electron chi connectivity index (χ2n) is 4.55. The molecule has 2 N–H and O–H groups in total. The van der Waals surface area contributed by atoms with Crippen molar-refractivity contribution in [1.29, 1.82) is 0 Å². The van der Waals surface area contributed by atoms with Gasteiger partial charge in [0, 0.05) is 16.7 Å². The van der Waals surface area contributed by atoms with Gasteiger partial charge in [0.15, 0.2) is 5.84 Å². The number of carbonyl (C=O) groups is 1. The Morgan fingerprint density at radius 2 is 1.75 bits per heavy atom. The van der Waals surface area contributed by atoms with Crippen LogP contribution in [0.2, 0.25) is 10.0 Å². The molecule has 0 heterocycles. The molecule has 0 unspecified atom stereocenters. The topological polar surface area (TPSA) is 83.1 Å². The summed E-state index contributed by atoms with van der Waals surface area (Å²) in [6.45, 7) is 0. The third kappa shape index (κ3) is 4.10. The van der Waals surface area contributed by atoms with Crippen LogP contribution in [-0.4, -0.2) is 26.0 Å². The lowest BCUT2D eigenvalue weighted by molar-refractivity contribution is 0.0512. The van der Waals surface area contributed by atoms with Gasteiger partial charge in [-0.15, -0.1) is 0 Å². The Morgan fingerprint density at radius 1 is 1.04 bits per heavy atom. The van der Waals surface area contributed by atoms with Crippen molar-refractivity contribution in [3.63, 3.8) is 0 Å². The van der Waals surface area contributed by atoms with Gasteiger partial charge in [-0.2, -0.15) is 0 Å². The molecule has 126 valence electrons. The summed E-state index contributed by atoms with van der Waals surface area (Å²) in [6, 6.07) is 9.34. The molecule has 0 saturated carbocycles. The molecule has 0 aliphatic carbocycles. The number of methoxy groups -OCH3 is 2. The molecule has 2 aromatic rings. The maximum atomic E-state index is 12.1. The van der Waals surface area contributed by atoms with E-state index in [9.17, 15) is 4.79 Å². The first-order valence-electron chi connectivity index (χ1n) is 6.68. The minimum atomic E-state index is -0.734. The van der Waals surface area contributed by atoms with E-state index in [1.807, 2.05) is 0 Å². The van der Waals surface area contributed by atoms with E-state index in [2.05, 4.69) is 5.16 Å². The Bertz CT molecular complexity index is 794. The van der Waals surface area contributed by atoms with Gasteiger partial charge in [-0.1, -0.05) is 28.4 Å². The normalized spacial score (nSPS) is 11.1. The number of benzene rings is 2. The van der Waals surface area contributed by atoms with Crippen LogP contribution in [0.4, 0.5) is 0 Å². The summed E-state index contributed by atoms with van der Waals surface area (Å²) in [6.07, 6.45) is 0. The van der Waals surface area contributed by atoms with Crippen molar-refractivity contribution in [1.82, 2.24) is 0 Å². The van der Waals surface area contributed by atoms with Gasteiger partial charge < -0.3 is 20.0 Å². The lowest BCUT2D eigenvalue weighted by Gasteiger charge is -2.08. The number of hydrogen-bond acceptors (Lipinski definition) is 5. The first kappa shape index (κ1) is 17.9. The van der Waals surface area contributed by atoms with E-state index in [-0.39, 0.29) is 17.1 Å². The molecule has 0 aromatic heterocycles. The van der Waals surface area contributed by atoms with Crippen LogP contribution >= 0.6 is 23.2 Å². The summed E-state index contributed by atoms with van der Waals surface area (Å²) in [5.41, 5.74) is 6.36. The van der Waals surface area contributed by atoms with Gasteiger partial charge in [0.2, 0.25) is 0 Å². The lowest BCUT2D eigenvalue weighted by Crippen LogP contribution is -2.16. The summed E-state index contributed by atoms with van der Waals surface area (Å²) in [4.78, 5) is 17.0. The van der Waals surface area contributed by atoms with Crippen LogP contribution in [0.15, 0.2) is 41.6 Å². The van der Waals surface area contributed by atoms with Crippen molar-refractivity contribution in [2.45, 2.75) is 0 Å². The van der Waals surface area contributed by atoms with E-state index < -0.39 is 5.97 Å². The number of amidine groups is 1. The second-order valence-corrected chi connectivity index (χ2v) is 5.39. The molecular formula is C16H14Cl2N2O4. The van der Waals surface area contributed by atoms with Crippen molar-refractivity contribution < 1.29 is 19.1 Å². The zero-order valence-corrected chi connectivity index (χ0v) is 14.4. The molecule has 0 amide bonds. The molecule has 0 spiro atoms. The molecule has 0 atom stereocenters. The zero-order valence-electron chi connectivity index (χ0n) is 12.9. The average molecular weight is 369 g/mol. The molecule has 8 heteroatoms. The first-order chi connectivity index (χ1) is 11.5. The summed E-state index contributed by atoms with van der Waals surface area (Å²) in [5, 5.41) is 4.36. The molecule has 0 aliphatic rings. The monoisotopic (exact) mass is 368 g/mol. The minimum Gasteiger partial charge on any atom is -0.497 e. The van der Waals surface area contributed by atoms with Crippen molar-refractivity contribution >= 4 is 35.0 Å². The highest BCUT2D eigenvalue weighted by Crippen LogP contribution is 2.25. The average Bonchev–Trinajstić information content (AvgIpc) is 2.58. The largest absolute Gasteiger partial charge is 0.497 e. The molecule has 6 nitrogen and oxygen atoms in total. The number of ether oxygens (including phenoxy) is 2. The van der Waals surface area contributed by atoms with Gasteiger partial charge in [-0.25, -0.2) is 4.79 Å². The van der Waals surface area contributed by atoms with E-state index in [0.717, 1.165) is 0 Å². The number of nitrogens with zero attached hydrogens (tertiary/aromatic N) is 1. The highest BCUT2D eigenvalue weighted by atomic mass is 35.5. The molecule has 0 bridgehead atoms. The van der Waals surface area contributed by atoms with E-state index in [1.165, 1.54) is 26.4 Å². The Labute approximate surface area is 148 Å². The van der Waals surface area contributed by atoms with Crippen LogP contribution in [0.1, 0.15) is 15.9 Å². The van der Waals surface area contributed by atoms with Crippen LogP contribution in [-0.2, 0) is 4.84 Å². The van der Waals surface area contributed by atoms with Crippen molar-refractivity contribution in [3.8, 4) is 11.5 Å². The quantitative estimate of drug-likeness (QED) is 0.378. The molecule has 0 radical (unpaired) electrons. The molecule has 24 heavy (non-hydrogen) atoms. The van der Waals surface area contributed by atoms with Crippen molar-refractivity contribution in [2.75, 3.05) is 14.2 Å². The van der Waals surface area contributed by atoms with Gasteiger partial charge in [0.1, 0.15) is 17.1 Å². The Kier molecular flexibility index (Phi) is 5.89. The SMILES string of the molecule is COc1ccc(C(=O)O/N=C(\N)c2ccc(Cl)cc2Cl)c(OC)c1. The fourth-order valence-electron chi connectivity index (χ4n) is 1.85. The number of halogens is 2. The van der Waals surface area contributed by atoms with E-state index in [0.29, 0.717) is 21.4 Å². The second kappa shape index (κ2) is 7.90. The fraction of sp³-hybridized carbons (Fsp3) is 0.125. The van der Waals surface area contributed by atoms with Crippen LogP contribution in [0.25, 0.3) is 0 Å². The first-order valence-corrected chi connectivity index (χ1v) is 7.44. The lowest BCUT2D eigenvalue weighted by atomic mass is 10.2. The summed E-state index contributed by atoms with van der Waals surface area (Å²) in [7, 11) is 2.93. The van der Waals surface area contributed by atoms with E-state index in [1.54, 1.807) is 24.3 Å². The molecule has 0 fully saturated rings. The standard InChI is InChI=1S/C16H14Cl2N2O4/c1-22-10-4-6-12(14(8-10)23-2)16(21)24-20-15(19)11-5-3-9(17)7-13(11)18/h3-8H,1-2H3,(H2,19,20). The molecule has 2 aromatic carbocycles. The zero-order chi connectivity index (χ0) is 17.7. The Morgan fingerprint density at radius 3 is 2.38 bits per heavy atom. The molecule has 2 rings (SSSR count). The molecular weight excluding hydrogens is 355 g/mol. The van der Waals surface area contributed by atoms with Gasteiger partial charge >= 0.3 is 5.97 Å². The van der Waals surface area contributed by atoms with Crippen LogP contribution in [0.3, 0.4) is 0 Å². The minimum absolute atomic E-state index is 0.0579. The molecule has 0 saturated heterocycles. The van der Waals surface area contributed by atoms with Crippen LogP contribution in [0.5, 0.6) is 11.5 Å². The van der Waals surface area contributed by atoms with Gasteiger partial charge in [-0.05, 0) is 30.3 Å². The number of carbonyl (C=O) groups excluding carboxylic acids is 1. The number of rotatable bonds is 5. The van der Waals surface area contributed by atoms with Gasteiger partial charge in [0.05, 0.1) is 19.2 Å². The van der Waals surface area contributed by atoms with Crippen LogP contribution < -0.4 is 15.2 Å². The van der Waals surface area contributed by atoms with Gasteiger partial charge in [-0.3, -0.25) is 0 Å². The maximum Gasteiger partial charge on any atom is 0.369 e. The van der Waals surface area contributed by atoms with Gasteiger partial charge in [0.25, 0.3) is 0 Å². The highest BCUT2D eigenvalue weighted by Gasteiger charge is 2.16. The summed E-state index contributed by atoms with van der Waals surface area (Å²) in [5.74, 6) is 0.0389. The Hall–Kier alpha value is -2.44. The number of nitrogens with two attached hydrogens (primary N) is 1. The number of oxime groups is 1. The third-order valence-electron chi connectivity index (χ3n) is 3.06. The smallest absolute Gasteiger partial charge is 0.369 e. The summed E-state index contributed by atoms with van der Waals surface area (Å²) < 4.78 is 10.2.